The van der Waals surface area contributed by atoms with Crippen molar-refractivity contribution in [3.05, 3.63) is 77.4 Å². The molecular formula is C28H29N3O2. The Morgan fingerprint density at radius 1 is 0.970 bits per heavy atom. The van der Waals surface area contributed by atoms with Gasteiger partial charge in [-0.25, -0.2) is 0 Å². The van der Waals surface area contributed by atoms with Crippen molar-refractivity contribution in [2.24, 2.45) is 0 Å². The molecule has 2 amide bonds. The number of likely N-dealkylation sites (tertiary alicyclic amines) is 1. The highest BCUT2D eigenvalue weighted by Gasteiger charge is 2.43. The van der Waals surface area contributed by atoms with Crippen molar-refractivity contribution in [1.82, 2.24) is 10.2 Å². The average molecular weight is 440 g/mol. The van der Waals surface area contributed by atoms with E-state index in [1.165, 1.54) is 21.9 Å². The van der Waals surface area contributed by atoms with Crippen LogP contribution in [0.4, 0.5) is 5.69 Å². The number of amides is 2. The third-order valence-electron chi connectivity index (χ3n) is 7.88. The van der Waals surface area contributed by atoms with E-state index in [1.54, 1.807) is 7.05 Å². The number of carbonyl (C=O) groups excluding carboxylic acids is 2. The van der Waals surface area contributed by atoms with Crippen molar-refractivity contribution >= 4 is 28.3 Å². The highest BCUT2D eigenvalue weighted by Crippen LogP contribution is 2.44. The number of rotatable bonds is 4. The molecule has 2 heterocycles. The summed E-state index contributed by atoms with van der Waals surface area (Å²) in [6.45, 7) is 1.96. The van der Waals surface area contributed by atoms with Crippen LogP contribution in [0.15, 0.2) is 60.7 Å². The zero-order valence-corrected chi connectivity index (χ0v) is 19.0. The normalized spacial score (nSPS) is 22.7. The second kappa shape index (κ2) is 7.99. The summed E-state index contributed by atoms with van der Waals surface area (Å²) in [5.74, 6) is -0.382. The molecule has 1 N–H and O–H groups in total. The Bertz CT molecular complexity index is 1240. The number of piperidine rings is 1. The first-order valence-electron chi connectivity index (χ1n) is 12.0. The standard InChI is InChI=1S/C28H29N3O2/c1-29-26(32)17-23-21-9-2-3-11-24(21)31(28(23)33)20-12-14-30(15-13-20)25-16-19-8-4-6-18-7-5-10-22(25)27(18)19/h2-11,20,23,25H,12-17H2,1H3,(H,29,32)/t23-,25?/m1/s1. The topological polar surface area (TPSA) is 52.7 Å². The van der Waals surface area contributed by atoms with E-state index in [0.29, 0.717) is 6.04 Å². The van der Waals surface area contributed by atoms with Gasteiger partial charge in [-0.2, -0.15) is 0 Å². The molecule has 33 heavy (non-hydrogen) atoms. The predicted octanol–water partition coefficient (Wildman–Crippen LogP) is 4.17. The molecule has 0 saturated carbocycles. The molecule has 3 aliphatic rings. The van der Waals surface area contributed by atoms with Gasteiger partial charge in [-0.1, -0.05) is 54.6 Å². The molecule has 1 unspecified atom stereocenters. The first-order chi connectivity index (χ1) is 16.2. The molecule has 3 aromatic carbocycles. The smallest absolute Gasteiger partial charge is 0.235 e. The second-order valence-electron chi connectivity index (χ2n) is 9.55. The summed E-state index contributed by atoms with van der Waals surface area (Å²) in [6.07, 6.45) is 3.19. The van der Waals surface area contributed by atoms with E-state index in [4.69, 9.17) is 0 Å². The first kappa shape index (κ1) is 20.4. The highest BCUT2D eigenvalue weighted by molar-refractivity contribution is 6.07. The van der Waals surface area contributed by atoms with Gasteiger partial charge in [0, 0.05) is 44.3 Å². The third-order valence-corrected chi connectivity index (χ3v) is 7.88. The summed E-state index contributed by atoms with van der Waals surface area (Å²) in [7, 11) is 1.63. The van der Waals surface area contributed by atoms with Gasteiger partial charge < -0.3 is 10.2 Å². The number of nitrogens with zero attached hydrogens (tertiary/aromatic N) is 2. The fraction of sp³-hybridized carbons (Fsp3) is 0.357. The van der Waals surface area contributed by atoms with Crippen molar-refractivity contribution in [3.8, 4) is 0 Å². The molecule has 2 aliphatic heterocycles. The third kappa shape index (κ3) is 3.25. The molecule has 5 nitrogen and oxygen atoms in total. The van der Waals surface area contributed by atoms with Crippen LogP contribution in [0.3, 0.4) is 0 Å². The maximum absolute atomic E-state index is 13.5. The van der Waals surface area contributed by atoms with Gasteiger partial charge in [0.2, 0.25) is 11.8 Å². The lowest BCUT2D eigenvalue weighted by Crippen LogP contribution is -2.47. The fourth-order valence-electron chi connectivity index (χ4n) is 6.28. The van der Waals surface area contributed by atoms with Gasteiger partial charge in [-0.15, -0.1) is 0 Å². The van der Waals surface area contributed by atoms with Crippen LogP contribution in [0.2, 0.25) is 0 Å². The van der Waals surface area contributed by atoms with Crippen LogP contribution in [0.1, 0.15) is 47.9 Å². The minimum atomic E-state index is -0.374. The van der Waals surface area contributed by atoms with E-state index in [9.17, 15) is 9.59 Å². The number of hydrogen-bond donors (Lipinski definition) is 1. The van der Waals surface area contributed by atoms with Crippen molar-refractivity contribution in [2.75, 3.05) is 25.0 Å². The number of benzene rings is 3. The van der Waals surface area contributed by atoms with Crippen LogP contribution in [-0.4, -0.2) is 42.9 Å². The fourth-order valence-corrected chi connectivity index (χ4v) is 6.28. The summed E-state index contributed by atoms with van der Waals surface area (Å²) < 4.78 is 0. The number of carbonyl (C=O) groups is 2. The minimum Gasteiger partial charge on any atom is -0.359 e. The molecule has 1 saturated heterocycles. The number of fused-ring (bicyclic) bond motifs is 1. The predicted molar refractivity (Wildman–Crippen MR) is 130 cm³/mol. The van der Waals surface area contributed by atoms with Crippen molar-refractivity contribution in [3.63, 3.8) is 0 Å². The summed E-state index contributed by atoms with van der Waals surface area (Å²) >= 11 is 0. The number of hydrogen-bond acceptors (Lipinski definition) is 3. The Kier molecular flexibility index (Phi) is 4.95. The van der Waals surface area contributed by atoms with E-state index in [0.717, 1.165) is 43.6 Å². The van der Waals surface area contributed by atoms with E-state index in [1.807, 2.05) is 29.2 Å². The van der Waals surface area contributed by atoms with Gasteiger partial charge in [-0.3, -0.25) is 14.5 Å². The van der Waals surface area contributed by atoms with Gasteiger partial charge in [0.25, 0.3) is 0 Å². The number of anilines is 1. The van der Waals surface area contributed by atoms with E-state index < -0.39 is 0 Å². The zero-order chi connectivity index (χ0) is 22.5. The maximum Gasteiger partial charge on any atom is 0.235 e. The van der Waals surface area contributed by atoms with E-state index in [-0.39, 0.29) is 30.2 Å². The quantitative estimate of drug-likeness (QED) is 0.664. The van der Waals surface area contributed by atoms with Crippen molar-refractivity contribution in [2.45, 2.75) is 43.7 Å². The molecule has 3 aromatic rings. The lowest BCUT2D eigenvalue weighted by molar-refractivity contribution is -0.126. The lowest BCUT2D eigenvalue weighted by Gasteiger charge is -2.40. The molecular weight excluding hydrogens is 410 g/mol. The van der Waals surface area contributed by atoms with Gasteiger partial charge in [0.1, 0.15) is 0 Å². The van der Waals surface area contributed by atoms with Crippen LogP contribution < -0.4 is 10.2 Å². The Balaban J connectivity index is 1.21. The lowest BCUT2D eigenvalue weighted by atomic mass is 9.97. The van der Waals surface area contributed by atoms with Crippen LogP contribution in [0.5, 0.6) is 0 Å². The molecule has 0 spiro atoms. The Morgan fingerprint density at radius 3 is 2.48 bits per heavy atom. The Labute approximate surface area is 194 Å². The summed E-state index contributed by atoms with van der Waals surface area (Å²) in [4.78, 5) is 30.2. The van der Waals surface area contributed by atoms with E-state index in [2.05, 4.69) is 46.6 Å². The first-order valence-corrected chi connectivity index (χ1v) is 12.0. The molecule has 168 valence electrons. The summed E-state index contributed by atoms with van der Waals surface area (Å²) in [6, 6.07) is 21.9. The molecule has 0 bridgehead atoms. The Morgan fingerprint density at radius 2 is 1.70 bits per heavy atom. The summed E-state index contributed by atoms with van der Waals surface area (Å²) in [5.41, 5.74) is 4.89. The van der Waals surface area contributed by atoms with Crippen LogP contribution in [-0.2, 0) is 16.0 Å². The number of nitrogens with one attached hydrogen (secondary N) is 1. The second-order valence-corrected chi connectivity index (χ2v) is 9.55. The number of para-hydroxylation sites is 1. The van der Waals surface area contributed by atoms with Gasteiger partial charge in [-0.05, 0) is 52.8 Å². The zero-order valence-electron chi connectivity index (χ0n) is 19.0. The molecule has 5 heteroatoms. The van der Waals surface area contributed by atoms with E-state index >= 15 is 0 Å². The summed E-state index contributed by atoms with van der Waals surface area (Å²) in [5, 5.41) is 5.45. The van der Waals surface area contributed by atoms with Gasteiger partial charge >= 0.3 is 0 Å². The van der Waals surface area contributed by atoms with Gasteiger partial charge in [0.05, 0.1) is 5.92 Å². The molecule has 0 radical (unpaired) electrons. The van der Waals surface area contributed by atoms with Crippen molar-refractivity contribution < 1.29 is 9.59 Å². The molecule has 6 rings (SSSR count). The average Bonchev–Trinajstić information content (AvgIpc) is 3.36. The molecule has 1 fully saturated rings. The SMILES string of the molecule is CNC(=O)C[C@H]1C(=O)N(C2CCN(C3Cc4cccc5cccc3c45)CC2)c2ccccc21. The molecule has 1 aliphatic carbocycles. The van der Waals surface area contributed by atoms with Crippen LogP contribution >= 0.6 is 0 Å². The molecule has 0 aromatic heterocycles. The van der Waals surface area contributed by atoms with Gasteiger partial charge in [0.15, 0.2) is 0 Å². The van der Waals surface area contributed by atoms with Crippen LogP contribution in [0.25, 0.3) is 10.8 Å². The van der Waals surface area contributed by atoms with Crippen molar-refractivity contribution in [1.29, 1.82) is 0 Å². The van der Waals surface area contributed by atoms with Crippen LogP contribution in [0, 0.1) is 0 Å². The Hall–Kier alpha value is -3.18. The molecule has 2 atom stereocenters. The monoisotopic (exact) mass is 439 g/mol. The highest BCUT2D eigenvalue weighted by atomic mass is 16.2. The maximum atomic E-state index is 13.5. The minimum absolute atomic E-state index is 0.0799. The largest absolute Gasteiger partial charge is 0.359 e.